The van der Waals surface area contributed by atoms with Crippen molar-refractivity contribution < 1.29 is 33.8 Å². The summed E-state index contributed by atoms with van der Waals surface area (Å²) in [6.07, 6.45) is 8.28. The van der Waals surface area contributed by atoms with E-state index in [1.807, 2.05) is 32.1 Å². The van der Waals surface area contributed by atoms with Gasteiger partial charge in [0.05, 0.1) is 31.7 Å². The zero-order valence-corrected chi connectivity index (χ0v) is 35.5. The Balaban J connectivity index is 0.000000352. The molecule has 4 aliphatic heterocycles. The van der Waals surface area contributed by atoms with Gasteiger partial charge in [0.1, 0.15) is 18.0 Å². The highest BCUT2D eigenvalue weighted by Gasteiger charge is 2.28. The largest absolute Gasteiger partial charge is 0.476 e. The number of amides is 3. The van der Waals surface area contributed by atoms with Crippen molar-refractivity contribution in [2.24, 2.45) is 43.3 Å². The summed E-state index contributed by atoms with van der Waals surface area (Å²) in [4.78, 5) is 63.5. The molecule has 3 aromatic rings. The minimum absolute atomic E-state index is 0.0301. The number of aliphatic imine (C=N–C) groups is 1. The number of aromatic carboxylic acids is 1. The molecular formula is C36H62N16O8. The molecule has 0 aliphatic carbocycles. The molecule has 0 radical (unpaired) electrons. The Morgan fingerprint density at radius 3 is 1.75 bits per heavy atom. The van der Waals surface area contributed by atoms with Crippen molar-refractivity contribution in [3.05, 3.63) is 58.9 Å². The second-order valence-corrected chi connectivity index (χ2v) is 13.7. The number of aryl methyl sites for hydroxylation is 3. The number of anilines is 1. The molecule has 3 saturated heterocycles. The summed E-state index contributed by atoms with van der Waals surface area (Å²) < 4.78 is 14.3. The van der Waals surface area contributed by atoms with Crippen LogP contribution in [-0.2, 0) is 35.4 Å². The van der Waals surface area contributed by atoms with Gasteiger partial charge in [-0.1, -0.05) is 11.3 Å². The summed E-state index contributed by atoms with van der Waals surface area (Å²) in [7, 11) is 12.3. The number of nitrogens with two attached hydrogens (primary N) is 4. The number of nitrogens with zero attached hydrogens (tertiary/aromatic N) is 11. The first-order chi connectivity index (χ1) is 28.2. The van der Waals surface area contributed by atoms with Gasteiger partial charge >= 0.3 is 18.2 Å². The fourth-order valence-electron chi connectivity index (χ4n) is 4.77. The third kappa shape index (κ3) is 21.2. The highest BCUT2D eigenvalue weighted by atomic mass is 16.6. The number of carbonyl (C=O) groups is 4. The number of aromatic nitrogens is 6. The molecule has 2 atom stereocenters. The van der Waals surface area contributed by atoms with Crippen molar-refractivity contribution in [2.75, 3.05) is 73.2 Å². The Morgan fingerprint density at radius 1 is 0.850 bits per heavy atom. The van der Waals surface area contributed by atoms with E-state index in [-0.39, 0.29) is 41.5 Å². The zero-order valence-electron chi connectivity index (χ0n) is 35.5. The summed E-state index contributed by atoms with van der Waals surface area (Å²) >= 11 is 0. The number of hydrogen-bond donors (Lipinski definition) is 6. The average Bonchev–Trinajstić information content (AvgIpc) is 4.04. The molecular weight excluding hydrogens is 784 g/mol. The van der Waals surface area contributed by atoms with Crippen LogP contribution in [0, 0.1) is 5.41 Å². The Morgan fingerprint density at radius 2 is 1.48 bits per heavy atom. The molecule has 0 bridgehead atoms. The van der Waals surface area contributed by atoms with Crippen molar-refractivity contribution in [2.45, 2.75) is 44.3 Å². The predicted molar refractivity (Wildman–Crippen MR) is 224 cm³/mol. The molecule has 0 aromatic carbocycles. The number of carboxylic acids is 1. The predicted octanol–water partition coefficient (Wildman–Crippen LogP) is -0.675. The lowest BCUT2D eigenvalue weighted by molar-refractivity contribution is -0.131. The number of guanidine groups is 1. The monoisotopic (exact) mass is 846 g/mol. The number of carbonyl (C=O) groups excluding carboxylic acids is 3. The third-order valence-electron chi connectivity index (χ3n) is 8.34. The number of carboxylic acid groups (broad SMARTS) is 1. The van der Waals surface area contributed by atoms with E-state index in [0.29, 0.717) is 50.2 Å². The number of ether oxygens (including phenoxy) is 2. The molecule has 60 heavy (non-hydrogen) atoms. The van der Waals surface area contributed by atoms with E-state index in [1.54, 1.807) is 62.3 Å². The standard InChI is InChI=1S/C7H13N3O2.C6H11NO.C6H7NO.C5H10N2O2.C4H5N3O2.C4H9N3.C4H7N3/c1-10-4-5(12-7(10)11)2-3-6(8)9;2*1-7-5-3-2-4-6(7)8;1-7-3-4(2-6)9-5(7)8;1-7-2-3(4(8)9)5-6-7;1-7-3-2-6-4(7)5;1-7-3-2-4(5)6-7/h5H,2-4H2,1H3,(H3,8,9);2-5H2,1H3;2-5H,1H3;4H,2-3,6H2,1H3;2H,1H3,(H,8,9);2-3H2,1H3,(H2,5,6);2-3H,1H3,(H2,5,6)/t5-;;;4-;;;/m0..0.../s1. The fourth-order valence-corrected chi connectivity index (χ4v) is 4.77. The van der Waals surface area contributed by atoms with Gasteiger partial charge in [-0.25, -0.2) is 14.4 Å². The van der Waals surface area contributed by atoms with E-state index in [1.165, 1.54) is 37.7 Å². The van der Waals surface area contributed by atoms with E-state index >= 15 is 0 Å². The second kappa shape index (κ2) is 27.1. The minimum Gasteiger partial charge on any atom is -0.476 e. The number of hydrogen-bond acceptors (Lipinski definition) is 16. The first-order valence-corrected chi connectivity index (χ1v) is 18.8. The second-order valence-electron chi connectivity index (χ2n) is 13.7. The molecule has 0 spiro atoms. The number of likely N-dealkylation sites (N-methyl/N-ethyl adjacent to an activating group) is 3. The van der Waals surface area contributed by atoms with E-state index in [4.69, 9.17) is 42.9 Å². The SMILES string of the molecule is CN1CCCCC1=O.CN1CCN=C1N.CN1C[C@H](CCC(=N)N)OC1=O.CN1C[C@H](CN)OC1=O.Cn1cc(C(=O)O)nn1.Cn1ccc(N)n1.Cn1ccccc1=O. The van der Waals surface area contributed by atoms with Crippen LogP contribution in [0.15, 0.2) is 52.6 Å². The van der Waals surface area contributed by atoms with Crippen molar-refractivity contribution >= 4 is 41.7 Å². The Kier molecular flexibility index (Phi) is 23.1. The van der Waals surface area contributed by atoms with Crippen molar-refractivity contribution in [1.82, 2.24) is 48.9 Å². The van der Waals surface area contributed by atoms with Crippen molar-refractivity contribution in [3.8, 4) is 0 Å². The summed E-state index contributed by atoms with van der Waals surface area (Å²) in [5.41, 5.74) is 21.0. The number of likely N-dealkylation sites (tertiary alicyclic amines) is 1. The smallest absolute Gasteiger partial charge is 0.410 e. The number of rotatable bonds is 5. The minimum atomic E-state index is -1.05. The molecule has 3 fully saturated rings. The first kappa shape index (κ1) is 51.3. The van der Waals surface area contributed by atoms with Crippen molar-refractivity contribution in [3.63, 3.8) is 0 Å². The van der Waals surface area contributed by atoms with E-state index in [2.05, 4.69) is 20.4 Å². The van der Waals surface area contributed by atoms with Gasteiger partial charge in [0, 0.05) is 100 Å². The number of cyclic esters (lactones) is 2. The average molecular weight is 847 g/mol. The quantitative estimate of drug-likeness (QED) is 0.137. The number of amidine groups is 1. The molecule has 10 N–H and O–H groups in total. The zero-order chi connectivity index (χ0) is 45.4. The molecule has 3 aromatic heterocycles. The normalized spacial score (nSPS) is 17.5. The van der Waals surface area contributed by atoms with Crippen LogP contribution in [0.4, 0.5) is 15.4 Å². The molecule has 4 aliphatic rings. The highest BCUT2D eigenvalue weighted by molar-refractivity contribution is 5.84. The van der Waals surface area contributed by atoms with Gasteiger partial charge in [-0.3, -0.25) is 29.4 Å². The maximum atomic E-state index is 10.8. The van der Waals surface area contributed by atoms with Gasteiger partial charge in [-0.15, -0.1) is 5.10 Å². The molecule has 334 valence electrons. The molecule has 7 rings (SSSR count). The molecule has 7 heterocycles. The Bertz CT molecular complexity index is 1860. The summed E-state index contributed by atoms with van der Waals surface area (Å²) in [5, 5.41) is 25.8. The number of piperidine rings is 1. The molecule has 0 saturated carbocycles. The maximum absolute atomic E-state index is 10.8. The van der Waals surface area contributed by atoms with Gasteiger partial charge in [0.15, 0.2) is 11.7 Å². The molecule has 24 nitrogen and oxygen atoms in total. The van der Waals surface area contributed by atoms with Crippen LogP contribution in [-0.4, -0.2) is 170 Å². The van der Waals surface area contributed by atoms with Crippen LogP contribution in [0.1, 0.15) is 42.6 Å². The van der Waals surface area contributed by atoms with Gasteiger partial charge in [-0.05, 0) is 31.4 Å². The molecule has 3 amide bonds. The lowest BCUT2D eigenvalue weighted by Gasteiger charge is -2.21. The summed E-state index contributed by atoms with van der Waals surface area (Å²) in [5.74, 6) is 0.627. The number of pyridine rings is 1. The van der Waals surface area contributed by atoms with Crippen LogP contribution >= 0.6 is 0 Å². The Labute approximate surface area is 349 Å². The van der Waals surface area contributed by atoms with E-state index < -0.39 is 5.97 Å². The van der Waals surface area contributed by atoms with Crippen LogP contribution in [0.25, 0.3) is 0 Å². The van der Waals surface area contributed by atoms with Gasteiger partial charge in [0.2, 0.25) is 11.5 Å². The van der Waals surface area contributed by atoms with E-state index in [0.717, 1.165) is 32.5 Å². The van der Waals surface area contributed by atoms with Crippen LogP contribution in [0.2, 0.25) is 0 Å². The van der Waals surface area contributed by atoms with Gasteiger partial charge < -0.3 is 61.7 Å². The molecule has 0 unspecified atom stereocenters. The maximum Gasteiger partial charge on any atom is 0.410 e. The Hall–Kier alpha value is -6.72. The van der Waals surface area contributed by atoms with Gasteiger partial charge in [-0.2, -0.15) is 5.10 Å². The molecule has 24 heteroatoms. The fraction of sp³-hybridized carbons (Fsp3) is 0.556. The first-order valence-electron chi connectivity index (χ1n) is 18.8. The highest BCUT2D eigenvalue weighted by Crippen LogP contribution is 2.13. The van der Waals surface area contributed by atoms with Crippen molar-refractivity contribution in [1.29, 1.82) is 5.41 Å². The van der Waals surface area contributed by atoms with Crippen LogP contribution < -0.4 is 28.5 Å². The van der Waals surface area contributed by atoms with Crippen LogP contribution in [0.3, 0.4) is 0 Å². The lowest BCUT2D eigenvalue weighted by Crippen LogP contribution is -2.31. The third-order valence-corrected chi connectivity index (χ3v) is 8.34. The van der Waals surface area contributed by atoms with E-state index in [9.17, 15) is 24.0 Å². The topological polar surface area (TPSA) is 331 Å². The van der Waals surface area contributed by atoms with Gasteiger partial charge in [0.25, 0.3) is 0 Å². The number of nitrogens with one attached hydrogen (secondary N) is 1. The van der Waals surface area contributed by atoms with Crippen LogP contribution in [0.5, 0.6) is 0 Å². The lowest BCUT2D eigenvalue weighted by atomic mass is 10.1. The summed E-state index contributed by atoms with van der Waals surface area (Å²) in [6, 6.07) is 6.82. The number of nitrogen functional groups attached to an aromatic ring is 1. The summed E-state index contributed by atoms with van der Waals surface area (Å²) in [6.45, 7) is 4.44.